The van der Waals surface area contributed by atoms with Crippen molar-refractivity contribution in [1.82, 2.24) is 0 Å². The summed E-state index contributed by atoms with van der Waals surface area (Å²) in [4.78, 5) is 23.2. The molecule has 0 saturated carbocycles. The van der Waals surface area contributed by atoms with E-state index in [1.807, 2.05) is 26.0 Å². The van der Waals surface area contributed by atoms with Gasteiger partial charge in [-0.05, 0) is 55.9 Å². The van der Waals surface area contributed by atoms with E-state index in [0.717, 1.165) is 24.0 Å². The van der Waals surface area contributed by atoms with Gasteiger partial charge in [-0.15, -0.1) is 0 Å². The van der Waals surface area contributed by atoms with Crippen LogP contribution in [0.25, 0.3) is 0 Å². The molecule has 0 fully saturated rings. The molecule has 0 spiro atoms. The maximum Gasteiger partial charge on any atom is 0.397 e. The zero-order chi connectivity index (χ0) is 15.1. The molecule has 0 aliphatic rings. The van der Waals surface area contributed by atoms with Gasteiger partial charge >= 0.3 is 11.9 Å². The maximum absolute atomic E-state index is 11.7. The van der Waals surface area contributed by atoms with E-state index in [9.17, 15) is 9.59 Å². The maximum atomic E-state index is 11.7. The molecule has 0 bridgehead atoms. The third-order valence-electron chi connectivity index (χ3n) is 3.11. The van der Waals surface area contributed by atoms with Crippen molar-refractivity contribution in [3.05, 3.63) is 29.3 Å². The highest BCUT2D eigenvalue weighted by molar-refractivity contribution is 6.37. The van der Waals surface area contributed by atoms with Crippen molar-refractivity contribution in [2.24, 2.45) is 5.92 Å². The molecule has 4 nitrogen and oxygen atoms in total. The molecule has 0 saturated heterocycles. The van der Waals surface area contributed by atoms with Gasteiger partial charge in [-0.1, -0.05) is 19.9 Å². The molecule has 110 valence electrons. The summed E-state index contributed by atoms with van der Waals surface area (Å²) in [5.41, 5.74) is 2.81. The minimum atomic E-state index is -0.827. The van der Waals surface area contributed by atoms with Crippen LogP contribution in [0.5, 0.6) is 0 Å². The largest absolute Gasteiger partial charge is 0.459 e. The Bertz CT molecular complexity index is 481. The number of benzene rings is 1. The van der Waals surface area contributed by atoms with E-state index in [4.69, 9.17) is 4.74 Å². The molecule has 4 heteroatoms. The number of carbonyl (C=O) groups is 2. The normalized spacial score (nSPS) is 10.4. The molecule has 0 aromatic heterocycles. The zero-order valence-electron chi connectivity index (χ0n) is 12.7. The van der Waals surface area contributed by atoms with Crippen LogP contribution in [0.15, 0.2) is 18.2 Å². The van der Waals surface area contributed by atoms with Crippen LogP contribution in [-0.2, 0) is 14.3 Å². The molecule has 0 aliphatic carbocycles. The first kappa shape index (κ1) is 16.2. The number of nitrogens with one attached hydrogen (secondary N) is 1. The number of ether oxygens (including phenoxy) is 1. The third-order valence-corrected chi connectivity index (χ3v) is 3.11. The van der Waals surface area contributed by atoms with Gasteiger partial charge in [0.1, 0.15) is 0 Å². The lowest BCUT2D eigenvalue weighted by Gasteiger charge is -2.08. The zero-order valence-corrected chi connectivity index (χ0v) is 12.7. The molecule has 20 heavy (non-hydrogen) atoms. The summed E-state index contributed by atoms with van der Waals surface area (Å²) in [5, 5.41) is 2.55. The van der Waals surface area contributed by atoms with Gasteiger partial charge in [0.25, 0.3) is 0 Å². The van der Waals surface area contributed by atoms with Crippen LogP contribution in [-0.4, -0.2) is 18.5 Å². The monoisotopic (exact) mass is 277 g/mol. The highest BCUT2D eigenvalue weighted by atomic mass is 16.5. The average molecular weight is 277 g/mol. The van der Waals surface area contributed by atoms with Crippen molar-refractivity contribution in [2.75, 3.05) is 11.9 Å². The molecule has 1 amide bonds. The van der Waals surface area contributed by atoms with Crippen molar-refractivity contribution < 1.29 is 14.3 Å². The number of hydrogen-bond acceptors (Lipinski definition) is 3. The van der Waals surface area contributed by atoms with Crippen LogP contribution >= 0.6 is 0 Å². The Hall–Kier alpha value is -1.84. The lowest BCUT2D eigenvalue weighted by atomic mass is 10.1. The van der Waals surface area contributed by atoms with Gasteiger partial charge in [0.2, 0.25) is 0 Å². The van der Waals surface area contributed by atoms with Crippen LogP contribution < -0.4 is 5.32 Å². The molecule has 1 rings (SSSR count). The summed E-state index contributed by atoms with van der Waals surface area (Å²) in [5.74, 6) is -0.983. The Kier molecular flexibility index (Phi) is 6.22. The first-order chi connectivity index (χ1) is 9.40. The fraction of sp³-hybridized carbons (Fsp3) is 0.500. The standard InChI is InChI=1S/C16H23NO3/c1-11(2)6-5-9-20-16(19)15(18)17-14-8-7-12(3)13(4)10-14/h7-8,10-11H,5-6,9H2,1-4H3,(H,17,18). The number of esters is 1. The van der Waals surface area contributed by atoms with Gasteiger partial charge < -0.3 is 10.1 Å². The van der Waals surface area contributed by atoms with Crippen molar-refractivity contribution >= 4 is 17.6 Å². The summed E-state index contributed by atoms with van der Waals surface area (Å²) in [6.07, 6.45) is 1.76. The molecule has 0 radical (unpaired) electrons. The first-order valence-corrected chi connectivity index (χ1v) is 6.95. The number of anilines is 1. The summed E-state index contributed by atoms with van der Waals surface area (Å²) in [6.45, 7) is 8.44. The Morgan fingerprint density at radius 2 is 1.90 bits per heavy atom. The Balaban J connectivity index is 2.41. The summed E-state index contributed by atoms with van der Waals surface area (Å²) < 4.78 is 4.93. The fourth-order valence-electron chi connectivity index (χ4n) is 1.72. The first-order valence-electron chi connectivity index (χ1n) is 6.95. The number of amides is 1. The van der Waals surface area contributed by atoms with E-state index in [2.05, 4.69) is 19.2 Å². The van der Waals surface area contributed by atoms with E-state index >= 15 is 0 Å². The van der Waals surface area contributed by atoms with E-state index in [0.29, 0.717) is 11.6 Å². The minimum Gasteiger partial charge on any atom is -0.459 e. The summed E-state index contributed by atoms with van der Waals surface area (Å²) >= 11 is 0. The molecule has 1 aromatic rings. The van der Waals surface area contributed by atoms with Gasteiger partial charge in [0.15, 0.2) is 0 Å². The average Bonchev–Trinajstić information content (AvgIpc) is 2.38. The van der Waals surface area contributed by atoms with Crippen molar-refractivity contribution in [3.8, 4) is 0 Å². The minimum absolute atomic E-state index is 0.289. The number of carbonyl (C=O) groups excluding carboxylic acids is 2. The van der Waals surface area contributed by atoms with Crippen LogP contribution in [0, 0.1) is 19.8 Å². The Morgan fingerprint density at radius 3 is 2.50 bits per heavy atom. The lowest BCUT2D eigenvalue weighted by molar-refractivity contribution is -0.152. The summed E-state index contributed by atoms with van der Waals surface area (Å²) in [7, 11) is 0. The summed E-state index contributed by atoms with van der Waals surface area (Å²) in [6, 6.07) is 5.50. The Labute approximate surface area is 120 Å². The van der Waals surface area contributed by atoms with Crippen LogP contribution in [0.4, 0.5) is 5.69 Å². The van der Waals surface area contributed by atoms with E-state index in [-0.39, 0.29) is 6.61 Å². The fourth-order valence-corrected chi connectivity index (χ4v) is 1.72. The predicted molar refractivity (Wildman–Crippen MR) is 79.6 cm³/mol. The van der Waals surface area contributed by atoms with Crippen molar-refractivity contribution in [2.45, 2.75) is 40.5 Å². The van der Waals surface area contributed by atoms with Crippen molar-refractivity contribution in [1.29, 1.82) is 0 Å². The van der Waals surface area contributed by atoms with Crippen LogP contribution in [0.1, 0.15) is 37.8 Å². The SMILES string of the molecule is Cc1ccc(NC(=O)C(=O)OCCCC(C)C)cc1C. The number of rotatable bonds is 5. The van der Waals surface area contributed by atoms with Gasteiger partial charge in [0.05, 0.1) is 6.61 Å². The quantitative estimate of drug-likeness (QED) is 0.511. The molecule has 0 unspecified atom stereocenters. The van der Waals surface area contributed by atoms with Crippen molar-refractivity contribution in [3.63, 3.8) is 0 Å². The molecular weight excluding hydrogens is 254 g/mol. The molecule has 1 N–H and O–H groups in total. The second-order valence-corrected chi connectivity index (χ2v) is 5.43. The molecular formula is C16H23NO3. The highest BCUT2D eigenvalue weighted by Crippen LogP contribution is 2.14. The van der Waals surface area contributed by atoms with Gasteiger partial charge in [-0.25, -0.2) is 4.79 Å². The second-order valence-electron chi connectivity index (χ2n) is 5.43. The number of hydrogen-bond donors (Lipinski definition) is 1. The lowest BCUT2D eigenvalue weighted by Crippen LogP contribution is -2.25. The highest BCUT2D eigenvalue weighted by Gasteiger charge is 2.15. The molecule has 0 heterocycles. The van der Waals surface area contributed by atoms with E-state index in [1.54, 1.807) is 6.07 Å². The van der Waals surface area contributed by atoms with Gasteiger partial charge in [-0.3, -0.25) is 4.79 Å². The number of aryl methyl sites for hydroxylation is 2. The van der Waals surface area contributed by atoms with E-state index in [1.165, 1.54) is 0 Å². The molecule has 0 aliphatic heterocycles. The predicted octanol–water partition coefficient (Wildman–Crippen LogP) is 3.22. The molecule has 1 aromatic carbocycles. The van der Waals surface area contributed by atoms with Gasteiger partial charge in [-0.2, -0.15) is 0 Å². The van der Waals surface area contributed by atoms with E-state index < -0.39 is 11.9 Å². The topological polar surface area (TPSA) is 55.4 Å². The Morgan fingerprint density at radius 1 is 1.20 bits per heavy atom. The third kappa shape index (κ3) is 5.43. The smallest absolute Gasteiger partial charge is 0.397 e. The molecule has 0 atom stereocenters. The van der Waals surface area contributed by atoms with Crippen LogP contribution in [0.2, 0.25) is 0 Å². The second kappa shape index (κ2) is 7.68. The van der Waals surface area contributed by atoms with Crippen LogP contribution in [0.3, 0.4) is 0 Å². The van der Waals surface area contributed by atoms with Gasteiger partial charge in [0, 0.05) is 5.69 Å².